The van der Waals surface area contributed by atoms with E-state index >= 15 is 0 Å². The van der Waals surface area contributed by atoms with E-state index < -0.39 is 6.17 Å². The van der Waals surface area contributed by atoms with Gasteiger partial charge in [-0.2, -0.15) is 0 Å². The quantitative estimate of drug-likeness (QED) is 0.765. The molecule has 1 unspecified atom stereocenters. The monoisotopic (exact) mass is 356 g/mol. The predicted octanol–water partition coefficient (Wildman–Crippen LogP) is 1.46. The van der Waals surface area contributed by atoms with Crippen LogP contribution in [0.1, 0.15) is 32.1 Å². The number of likely N-dealkylation sites (tertiary alicyclic amines) is 2. The first kappa shape index (κ1) is 16.6. The van der Waals surface area contributed by atoms with E-state index in [1.54, 1.807) is 0 Å². The van der Waals surface area contributed by atoms with Gasteiger partial charge in [0.25, 0.3) is 0 Å². The van der Waals surface area contributed by atoms with Crippen molar-refractivity contribution in [2.45, 2.75) is 49.1 Å². The maximum absolute atomic E-state index is 12.9. The number of amides is 2. The molecule has 0 aromatic rings. The van der Waals surface area contributed by atoms with Crippen LogP contribution in [0.15, 0.2) is 0 Å². The maximum atomic E-state index is 12.9. The van der Waals surface area contributed by atoms with Gasteiger partial charge in [-0.1, -0.05) is 0 Å². The molecule has 2 amide bonds. The zero-order valence-electron chi connectivity index (χ0n) is 13.9. The van der Waals surface area contributed by atoms with Crippen LogP contribution >= 0.6 is 11.8 Å². The minimum Gasteiger partial charge on any atom is -0.367 e. The van der Waals surface area contributed by atoms with E-state index in [9.17, 15) is 14.0 Å². The fourth-order valence-corrected chi connectivity index (χ4v) is 5.74. The first-order valence-corrected chi connectivity index (χ1v) is 9.99. The minimum absolute atomic E-state index is 0.0890. The molecule has 3 saturated heterocycles. The molecule has 3 heterocycles. The smallest absolute Gasteiger partial charge is 0.248 e. The zero-order valence-corrected chi connectivity index (χ0v) is 14.7. The summed E-state index contributed by atoms with van der Waals surface area (Å²) in [6, 6.07) is 0. The van der Waals surface area contributed by atoms with Crippen LogP contribution in [0.2, 0.25) is 0 Å². The van der Waals surface area contributed by atoms with E-state index in [1.165, 1.54) is 0 Å². The van der Waals surface area contributed by atoms with Gasteiger partial charge in [0.15, 0.2) is 0 Å². The molecule has 1 aliphatic carbocycles. The van der Waals surface area contributed by atoms with Gasteiger partial charge in [0.1, 0.15) is 12.8 Å². The van der Waals surface area contributed by atoms with Crippen LogP contribution in [0.25, 0.3) is 0 Å². The minimum atomic E-state index is -0.777. The van der Waals surface area contributed by atoms with Crippen molar-refractivity contribution < 1.29 is 18.7 Å². The number of carbonyl (C=O) groups is 2. The number of nitrogens with zero attached hydrogens (tertiary/aromatic N) is 2. The van der Waals surface area contributed by atoms with Crippen molar-refractivity contribution in [1.29, 1.82) is 0 Å². The first-order valence-electron chi connectivity index (χ1n) is 9.01. The molecule has 4 fully saturated rings. The zero-order chi connectivity index (χ0) is 16.7. The van der Waals surface area contributed by atoms with Crippen molar-refractivity contribution in [3.8, 4) is 0 Å². The van der Waals surface area contributed by atoms with E-state index in [1.807, 2.05) is 21.6 Å². The number of ether oxygens (including phenoxy) is 1. The second-order valence-corrected chi connectivity index (χ2v) is 9.17. The summed E-state index contributed by atoms with van der Waals surface area (Å²) in [5.74, 6) is 1.04. The molecule has 0 aromatic heterocycles. The molecule has 1 saturated carbocycles. The molecule has 0 bridgehead atoms. The Labute approximate surface area is 146 Å². The number of carbonyl (C=O) groups excluding carboxylic acids is 2. The van der Waals surface area contributed by atoms with Crippen LogP contribution in [-0.4, -0.2) is 77.2 Å². The van der Waals surface area contributed by atoms with Gasteiger partial charge in [-0.05, 0) is 32.1 Å². The highest BCUT2D eigenvalue weighted by atomic mass is 32.2. The number of hydrogen-bond acceptors (Lipinski definition) is 4. The lowest BCUT2D eigenvalue weighted by Crippen LogP contribution is -2.62. The highest BCUT2D eigenvalue weighted by Crippen LogP contribution is 2.47. The Kier molecular flexibility index (Phi) is 4.49. The molecule has 4 aliphatic rings. The average Bonchev–Trinajstić information content (AvgIpc) is 3.16. The molecular formula is C17H25FN2O3S. The van der Waals surface area contributed by atoms with Crippen LogP contribution in [0, 0.1) is 5.92 Å². The van der Waals surface area contributed by atoms with E-state index in [-0.39, 0.29) is 35.2 Å². The average molecular weight is 356 g/mol. The van der Waals surface area contributed by atoms with E-state index in [0.29, 0.717) is 12.8 Å². The Bertz CT molecular complexity index is 514. The van der Waals surface area contributed by atoms with Crippen LogP contribution in [0.3, 0.4) is 0 Å². The predicted molar refractivity (Wildman–Crippen MR) is 89.6 cm³/mol. The number of hydrogen-bond donors (Lipinski definition) is 0. The van der Waals surface area contributed by atoms with Crippen molar-refractivity contribution in [3.05, 3.63) is 0 Å². The molecule has 24 heavy (non-hydrogen) atoms. The van der Waals surface area contributed by atoms with Crippen molar-refractivity contribution in [1.82, 2.24) is 9.80 Å². The molecule has 1 atom stereocenters. The van der Waals surface area contributed by atoms with Gasteiger partial charge in [-0.15, -0.1) is 11.8 Å². The Hall–Kier alpha value is -0.820. The maximum Gasteiger partial charge on any atom is 0.248 e. The summed E-state index contributed by atoms with van der Waals surface area (Å²) in [5.41, 5.74) is 0. The lowest BCUT2D eigenvalue weighted by atomic mass is 9.80. The largest absolute Gasteiger partial charge is 0.367 e. The fraction of sp³-hybridized carbons (Fsp3) is 0.882. The van der Waals surface area contributed by atoms with Crippen molar-refractivity contribution in [2.24, 2.45) is 5.92 Å². The number of thioether (sulfide) groups is 1. The van der Waals surface area contributed by atoms with E-state index in [0.717, 1.165) is 51.2 Å². The molecule has 1 spiro atoms. The van der Waals surface area contributed by atoms with Gasteiger partial charge in [0.2, 0.25) is 11.8 Å². The van der Waals surface area contributed by atoms with Gasteiger partial charge >= 0.3 is 0 Å². The van der Waals surface area contributed by atoms with Crippen LogP contribution in [0.4, 0.5) is 4.39 Å². The molecule has 4 rings (SSSR count). The van der Waals surface area contributed by atoms with Gasteiger partial charge in [0, 0.05) is 37.8 Å². The van der Waals surface area contributed by atoms with E-state index in [4.69, 9.17) is 4.74 Å². The third-order valence-electron chi connectivity index (χ3n) is 5.78. The van der Waals surface area contributed by atoms with Gasteiger partial charge in [-0.25, -0.2) is 4.39 Å². The SMILES string of the molecule is O=C(COC1CSC2(C1)CN(C(=O)C1CC(F)C1)C2)N1CCCC1. The summed E-state index contributed by atoms with van der Waals surface area (Å²) >= 11 is 1.86. The Morgan fingerprint density at radius 1 is 1.17 bits per heavy atom. The Morgan fingerprint density at radius 2 is 1.88 bits per heavy atom. The molecule has 5 nitrogen and oxygen atoms in total. The van der Waals surface area contributed by atoms with Gasteiger partial charge in [0.05, 0.1) is 10.9 Å². The molecule has 7 heteroatoms. The summed E-state index contributed by atoms with van der Waals surface area (Å²) in [6.45, 7) is 3.42. The summed E-state index contributed by atoms with van der Waals surface area (Å²) in [4.78, 5) is 28.0. The summed E-state index contributed by atoms with van der Waals surface area (Å²) in [6.07, 6.45) is 3.24. The molecular weight excluding hydrogens is 331 g/mol. The molecule has 0 aromatic carbocycles. The standard InChI is InChI=1S/C17H25FN2O3S/c18-13-5-12(6-13)16(22)20-10-17(11-20)7-14(9-24-17)23-8-15(21)19-3-1-2-4-19/h12-14H,1-11H2. The second-order valence-electron chi connectivity index (χ2n) is 7.68. The number of rotatable bonds is 4. The molecule has 0 N–H and O–H groups in total. The third kappa shape index (κ3) is 3.17. The van der Waals surface area contributed by atoms with Gasteiger partial charge in [-0.3, -0.25) is 9.59 Å². The lowest BCUT2D eigenvalue weighted by Gasteiger charge is -2.49. The Morgan fingerprint density at radius 3 is 2.54 bits per heavy atom. The summed E-state index contributed by atoms with van der Waals surface area (Å²) in [7, 11) is 0. The highest BCUT2D eigenvalue weighted by Gasteiger charge is 2.52. The highest BCUT2D eigenvalue weighted by molar-refractivity contribution is 8.01. The normalized spacial score (nSPS) is 34.3. The van der Waals surface area contributed by atoms with Crippen molar-refractivity contribution >= 4 is 23.6 Å². The van der Waals surface area contributed by atoms with Crippen LogP contribution in [0.5, 0.6) is 0 Å². The van der Waals surface area contributed by atoms with Crippen LogP contribution < -0.4 is 0 Å². The molecule has 134 valence electrons. The number of alkyl halides is 1. The summed E-state index contributed by atoms with van der Waals surface area (Å²) in [5, 5.41) is 0. The molecule has 3 aliphatic heterocycles. The van der Waals surface area contributed by atoms with Crippen molar-refractivity contribution in [2.75, 3.05) is 38.5 Å². The molecule has 0 radical (unpaired) electrons. The van der Waals surface area contributed by atoms with Crippen LogP contribution in [-0.2, 0) is 14.3 Å². The Balaban J connectivity index is 1.19. The van der Waals surface area contributed by atoms with E-state index in [2.05, 4.69) is 0 Å². The van der Waals surface area contributed by atoms with Crippen molar-refractivity contribution in [3.63, 3.8) is 0 Å². The first-order chi connectivity index (χ1) is 11.5. The number of halogens is 1. The second kappa shape index (κ2) is 6.48. The third-order valence-corrected chi connectivity index (χ3v) is 7.35. The summed E-state index contributed by atoms with van der Waals surface area (Å²) < 4.78 is 18.8. The lowest BCUT2D eigenvalue weighted by molar-refractivity contribution is -0.146. The fourth-order valence-electron chi connectivity index (χ4n) is 4.19. The van der Waals surface area contributed by atoms with Gasteiger partial charge < -0.3 is 14.5 Å². The topological polar surface area (TPSA) is 49.9 Å².